The van der Waals surface area contributed by atoms with Crippen LogP contribution in [0.1, 0.15) is 40.0 Å². The molecule has 3 rings (SSSR count). The minimum absolute atomic E-state index is 0.0316. The summed E-state index contributed by atoms with van der Waals surface area (Å²) in [6, 6.07) is 11.1. The van der Waals surface area contributed by atoms with Crippen molar-refractivity contribution in [2.75, 3.05) is 6.61 Å². The van der Waals surface area contributed by atoms with Crippen LogP contribution in [0.5, 0.6) is 5.75 Å². The van der Waals surface area contributed by atoms with Crippen molar-refractivity contribution in [2.45, 2.75) is 57.0 Å². The molecule has 0 aromatic heterocycles. The highest BCUT2D eigenvalue weighted by molar-refractivity contribution is 7.89. The third-order valence-electron chi connectivity index (χ3n) is 4.81. The summed E-state index contributed by atoms with van der Waals surface area (Å²) < 4.78 is 34.1. The van der Waals surface area contributed by atoms with Crippen LogP contribution < -0.4 is 4.74 Å². The van der Waals surface area contributed by atoms with E-state index in [-0.39, 0.29) is 12.1 Å². The van der Waals surface area contributed by atoms with Crippen LogP contribution in [0.3, 0.4) is 0 Å². The molecule has 2 aromatic carbocycles. The molecular weight excluding hydrogens is 322 g/mol. The molecule has 1 aliphatic heterocycles. The molecule has 1 aliphatic rings. The maximum atomic E-state index is 13.4. The number of fused-ring (bicyclic) bond motifs is 1. The summed E-state index contributed by atoms with van der Waals surface area (Å²) in [5, 5.41) is 1.58. The monoisotopic (exact) mass is 347 g/mol. The van der Waals surface area contributed by atoms with E-state index in [9.17, 15) is 8.42 Å². The lowest BCUT2D eigenvalue weighted by atomic mass is 10.0. The zero-order valence-electron chi connectivity index (χ0n) is 14.5. The standard InChI is InChI=1S/C19H25NO3S/c1-4-23-18-12-13-19(17-11-6-5-10-16(17)18)24(21,22)20-14(2)8-7-9-15(20)3/h5-6,10-15H,4,7-9H2,1-3H3/t14-,15-/m0/s1. The van der Waals surface area contributed by atoms with Crippen molar-refractivity contribution < 1.29 is 13.2 Å². The fraction of sp³-hybridized carbons (Fsp3) is 0.474. The number of sulfonamides is 1. The van der Waals surface area contributed by atoms with Crippen molar-refractivity contribution >= 4 is 20.8 Å². The Morgan fingerprint density at radius 3 is 2.29 bits per heavy atom. The fourth-order valence-electron chi connectivity index (χ4n) is 3.74. The number of rotatable bonds is 4. The van der Waals surface area contributed by atoms with Gasteiger partial charge in [0.15, 0.2) is 0 Å². The van der Waals surface area contributed by atoms with Crippen molar-refractivity contribution in [3.63, 3.8) is 0 Å². The van der Waals surface area contributed by atoms with Gasteiger partial charge in [0.1, 0.15) is 5.75 Å². The molecule has 130 valence electrons. The molecule has 2 atom stereocenters. The molecule has 0 amide bonds. The highest BCUT2D eigenvalue weighted by Gasteiger charge is 2.36. The van der Waals surface area contributed by atoms with Gasteiger partial charge in [-0.2, -0.15) is 4.31 Å². The summed E-state index contributed by atoms with van der Waals surface area (Å²) in [5.41, 5.74) is 0. The molecule has 5 heteroatoms. The molecule has 0 bridgehead atoms. The first-order valence-electron chi connectivity index (χ1n) is 8.65. The Bertz CT molecular complexity index is 822. The van der Waals surface area contributed by atoms with Crippen LogP contribution in [0.15, 0.2) is 41.3 Å². The third kappa shape index (κ3) is 2.91. The Kier molecular flexibility index (Phi) is 4.83. The van der Waals surface area contributed by atoms with Crippen molar-refractivity contribution in [1.82, 2.24) is 4.31 Å². The van der Waals surface area contributed by atoms with Gasteiger partial charge >= 0.3 is 0 Å². The number of hydrogen-bond donors (Lipinski definition) is 0. The van der Waals surface area contributed by atoms with E-state index >= 15 is 0 Å². The lowest BCUT2D eigenvalue weighted by Crippen LogP contribution is -2.47. The van der Waals surface area contributed by atoms with Gasteiger partial charge in [-0.25, -0.2) is 8.42 Å². The highest BCUT2D eigenvalue weighted by Crippen LogP contribution is 2.36. The van der Waals surface area contributed by atoms with Gasteiger partial charge in [-0.05, 0) is 45.7 Å². The van der Waals surface area contributed by atoms with Crippen LogP contribution in [0.2, 0.25) is 0 Å². The lowest BCUT2D eigenvalue weighted by Gasteiger charge is -2.38. The van der Waals surface area contributed by atoms with E-state index in [0.717, 1.165) is 35.8 Å². The SMILES string of the molecule is CCOc1ccc(S(=O)(=O)N2[C@@H](C)CCC[C@@H]2C)c2ccccc12. The number of nitrogens with zero attached hydrogens (tertiary/aromatic N) is 1. The summed E-state index contributed by atoms with van der Waals surface area (Å²) in [4.78, 5) is 0.377. The number of piperidine rings is 1. The fourth-order valence-corrected chi connectivity index (χ4v) is 5.82. The van der Waals surface area contributed by atoms with Gasteiger partial charge < -0.3 is 4.74 Å². The topological polar surface area (TPSA) is 46.6 Å². The number of ether oxygens (including phenoxy) is 1. The largest absolute Gasteiger partial charge is 0.493 e. The second-order valence-corrected chi connectivity index (χ2v) is 8.32. The van der Waals surface area contributed by atoms with Crippen molar-refractivity contribution in [3.05, 3.63) is 36.4 Å². The average Bonchev–Trinajstić information content (AvgIpc) is 2.55. The third-order valence-corrected chi connectivity index (χ3v) is 7.00. The van der Waals surface area contributed by atoms with Crippen LogP contribution >= 0.6 is 0 Å². The number of hydrogen-bond acceptors (Lipinski definition) is 3. The molecule has 0 radical (unpaired) electrons. The lowest BCUT2D eigenvalue weighted by molar-refractivity contribution is 0.204. The molecule has 1 fully saturated rings. The summed E-state index contributed by atoms with van der Waals surface area (Å²) in [5.74, 6) is 0.729. The highest BCUT2D eigenvalue weighted by atomic mass is 32.2. The minimum Gasteiger partial charge on any atom is -0.493 e. The summed E-state index contributed by atoms with van der Waals surface area (Å²) >= 11 is 0. The van der Waals surface area contributed by atoms with Crippen LogP contribution in [0.4, 0.5) is 0 Å². The molecule has 0 N–H and O–H groups in total. The van der Waals surface area contributed by atoms with Gasteiger partial charge in [-0.1, -0.05) is 30.7 Å². The van der Waals surface area contributed by atoms with Crippen LogP contribution in [-0.2, 0) is 10.0 Å². The Morgan fingerprint density at radius 2 is 1.67 bits per heavy atom. The normalized spacial score (nSPS) is 22.6. The Morgan fingerprint density at radius 1 is 1.04 bits per heavy atom. The molecule has 1 saturated heterocycles. The van der Waals surface area contributed by atoms with E-state index < -0.39 is 10.0 Å². The zero-order valence-corrected chi connectivity index (χ0v) is 15.3. The zero-order chi connectivity index (χ0) is 17.3. The predicted octanol–water partition coefficient (Wildman–Crippen LogP) is 4.19. The van der Waals surface area contributed by atoms with Crippen molar-refractivity contribution in [3.8, 4) is 5.75 Å². The molecule has 4 nitrogen and oxygen atoms in total. The molecule has 0 saturated carbocycles. The van der Waals surface area contributed by atoms with E-state index in [2.05, 4.69) is 0 Å². The summed E-state index contributed by atoms with van der Waals surface area (Å²) in [6.45, 7) is 6.49. The van der Waals surface area contributed by atoms with E-state index in [1.54, 1.807) is 16.4 Å². The van der Waals surface area contributed by atoms with Gasteiger partial charge in [0.05, 0.1) is 11.5 Å². The first-order valence-corrected chi connectivity index (χ1v) is 10.1. The first kappa shape index (κ1) is 17.2. The van der Waals surface area contributed by atoms with E-state index in [1.165, 1.54) is 0 Å². The molecular formula is C19H25NO3S. The average molecular weight is 347 g/mol. The Balaban J connectivity index is 2.16. The molecule has 1 heterocycles. The Hall–Kier alpha value is -1.59. The van der Waals surface area contributed by atoms with E-state index in [4.69, 9.17) is 4.74 Å². The minimum atomic E-state index is -3.54. The molecule has 0 unspecified atom stereocenters. The van der Waals surface area contributed by atoms with E-state index in [1.807, 2.05) is 45.0 Å². The second kappa shape index (κ2) is 6.73. The maximum absolute atomic E-state index is 13.4. The van der Waals surface area contributed by atoms with Gasteiger partial charge in [-0.15, -0.1) is 0 Å². The van der Waals surface area contributed by atoms with Crippen molar-refractivity contribution in [2.24, 2.45) is 0 Å². The molecule has 0 spiro atoms. The molecule has 2 aromatic rings. The van der Waals surface area contributed by atoms with E-state index in [0.29, 0.717) is 11.5 Å². The van der Waals surface area contributed by atoms with Crippen LogP contribution in [0, 0.1) is 0 Å². The smallest absolute Gasteiger partial charge is 0.244 e. The van der Waals surface area contributed by atoms with Crippen molar-refractivity contribution in [1.29, 1.82) is 0 Å². The summed E-state index contributed by atoms with van der Waals surface area (Å²) in [7, 11) is -3.54. The second-order valence-electron chi connectivity index (χ2n) is 6.50. The van der Waals surface area contributed by atoms with Crippen LogP contribution in [0.25, 0.3) is 10.8 Å². The van der Waals surface area contributed by atoms with Gasteiger partial charge in [0.2, 0.25) is 10.0 Å². The van der Waals surface area contributed by atoms with Gasteiger partial charge in [-0.3, -0.25) is 0 Å². The summed E-state index contributed by atoms with van der Waals surface area (Å²) in [6.07, 6.45) is 2.91. The van der Waals surface area contributed by atoms with Gasteiger partial charge in [0.25, 0.3) is 0 Å². The molecule has 0 aliphatic carbocycles. The molecule has 24 heavy (non-hydrogen) atoms. The number of benzene rings is 2. The van der Waals surface area contributed by atoms with Crippen LogP contribution in [-0.4, -0.2) is 31.4 Å². The van der Waals surface area contributed by atoms with Gasteiger partial charge in [0, 0.05) is 22.9 Å². The maximum Gasteiger partial charge on any atom is 0.244 e. The Labute approximate surface area is 144 Å². The predicted molar refractivity (Wildman–Crippen MR) is 96.9 cm³/mol. The quantitative estimate of drug-likeness (QED) is 0.833. The first-order chi connectivity index (χ1) is 11.5.